The highest BCUT2D eigenvalue weighted by atomic mass is 31.3. The van der Waals surface area contributed by atoms with Crippen LogP contribution in [-0.4, -0.2) is 124 Å². The van der Waals surface area contributed by atoms with E-state index in [1.54, 1.807) is 11.9 Å². The first-order valence-corrected chi connectivity index (χ1v) is 31.8. The lowest BCUT2D eigenvalue weighted by atomic mass is 9.79. The summed E-state index contributed by atoms with van der Waals surface area (Å²) in [7, 11) is -15.7. The van der Waals surface area contributed by atoms with Crippen molar-refractivity contribution in [3.8, 4) is 11.5 Å². The monoisotopic (exact) mass is 1210 g/mol. The van der Waals surface area contributed by atoms with Crippen LogP contribution in [-0.2, 0) is 36.4 Å². The number of amides is 2. The number of aromatic amines is 1. The lowest BCUT2D eigenvalue weighted by molar-refractivity contribution is -0.588. The van der Waals surface area contributed by atoms with Crippen molar-refractivity contribution >= 4 is 69.6 Å². The quantitative estimate of drug-likeness (QED) is 0.0344. The van der Waals surface area contributed by atoms with Crippen molar-refractivity contribution in [1.29, 1.82) is 0 Å². The standard InChI is InChI=1S/C53H71N10O17P3/c1-28-25-52(3,4)60-36-23-38-34(21-32(28)36)42(35-22-33-29(2)26-53(5,6)61-37(33)24-39(35)77-38)30-15-10-11-16-31(30)48(68)62(7)20-14-17-41(64)55-18-12-8-9-13-19-56-51-57-43-46(58-50(54)59-47(43)67)63(51)49-45(66)44(65)40(78-49)27-76-82(72,73)80-83(74,75)79-81(69,70)71/h10-11,15-16,21-24,28-29,40,44-45,49,60,65-66H,8-9,12-14,17-20,25-27H2,1-7H3,(H,55,64)(H,56,57)(H,72,73)(H,74,75)(H2,69,70,71)(H3,54,58,59,67)/t28?,29?,40-,44-,45-,49-/m1/s1. The number of hydrogen-bond acceptors (Lipinski definition) is 19. The predicted molar refractivity (Wildman–Crippen MR) is 300 cm³/mol. The molecule has 2 amide bonds. The third-order valence-electron chi connectivity index (χ3n) is 15.1. The van der Waals surface area contributed by atoms with Crippen LogP contribution in [0.15, 0.2) is 53.3 Å². The minimum Gasteiger partial charge on any atom is -0.756 e. The van der Waals surface area contributed by atoms with Crippen molar-refractivity contribution in [3.63, 3.8) is 0 Å². The number of phosphoric acid groups is 3. The summed E-state index contributed by atoms with van der Waals surface area (Å²) in [6, 6.07) is 16.4. The molecule has 0 spiro atoms. The van der Waals surface area contributed by atoms with Gasteiger partial charge in [0.05, 0.1) is 12.7 Å². The normalized spacial score (nSPS) is 23.4. The van der Waals surface area contributed by atoms with Gasteiger partial charge in [-0.15, -0.1) is 0 Å². The second kappa shape index (κ2) is 23.9. The minimum absolute atomic E-state index is 0.0506. The van der Waals surface area contributed by atoms with Gasteiger partial charge in [0.15, 0.2) is 22.9 Å². The number of H-pyrrole nitrogens is 1. The Balaban J connectivity index is 0.781. The van der Waals surface area contributed by atoms with Gasteiger partial charge in [0.25, 0.3) is 19.3 Å². The first-order valence-electron chi connectivity index (χ1n) is 27.3. The maximum atomic E-state index is 14.6. The van der Waals surface area contributed by atoms with E-state index in [0.717, 1.165) is 50.4 Å². The van der Waals surface area contributed by atoms with E-state index in [-0.39, 0.29) is 70.8 Å². The Morgan fingerprint density at radius 3 is 2.35 bits per heavy atom. The van der Waals surface area contributed by atoms with E-state index >= 15 is 0 Å². The number of phosphoric ester groups is 1. The summed E-state index contributed by atoms with van der Waals surface area (Å²) in [5.74, 6) is 1.29. The van der Waals surface area contributed by atoms with Crippen LogP contribution in [0.3, 0.4) is 0 Å². The van der Waals surface area contributed by atoms with Crippen LogP contribution in [0, 0.1) is 0 Å². The molecule has 0 saturated carbocycles. The van der Waals surface area contributed by atoms with Crippen molar-refractivity contribution in [2.45, 2.75) is 140 Å². The first kappa shape index (κ1) is 61.7. The second-order valence-corrected chi connectivity index (χ2v) is 27.4. The minimum atomic E-state index is -5.91. The molecule has 12 N–H and O–H groups in total. The van der Waals surface area contributed by atoms with Gasteiger partial charge in [-0.1, -0.05) is 44.9 Å². The summed E-state index contributed by atoms with van der Waals surface area (Å²) in [5.41, 5.74) is 11.1. The third kappa shape index (κ3) is 14.1. The SMILES string of the molecule is CC1CC(C)(C)Nc2cc3c(cc21)C(c1ccccc1C(=O)N(C)CCCC(=O)NCCCCCCNc1nc2c(=O)[nH]c(N)nc2n1[C@@H]1O[C@H](COP(=O)(O)OP(=O)(O)OP(=O)([O-])O)[C@@H](O)[C@H]1O)=c1cc2c(cc1O3)=[NH+]C(C)(C)CC2C. The Morgan fingerprint density at radius 2 is 1.61 bits per heavy atom. The van der Waals surface area contributed by atoms with Gasteiger partial charge < -0.3 is 65.8 Å². The number of aromatic nitrogens is 4. The Labute approximate surface area is 477 Å². The van der Waals surface area contributed by atoms with E-state index in [0.29, 0.717) is 62.3 Å². The van der Waals surface area contributed by atoms with E-state index in [9.17, 15) is 53.0 Å². The molecule has 2 aromatic heterocycles. The Hall–Kier alpha value is -5.89. The fourth-order valence-corrected chi connectivity index (χ4v) is 14.6. The van der Waals surface area contributed by atoms with E-state index in [4.69, 9.17) is 20.1 Å². The lowest BCUT2D eigenvalue weighted by Crippen LogP contribution is -2.90. The molecular weight excluding hydrogens is 1140 g/mol. The first-order chi connectivity index (χ1) is 38.9. The van der Waals surface area contributed by atoms with E-state index in [2.05, 4.69) is 115 Å². The van der Waals surface area contributed by atoms with Crippen molar-refractivity contribution in [2.24, 2.45) is 0 Å². The fourth-order valence-electron chi connectivity index (χ4n) is 11.6. The predicted octanol–water partition coefficient (Wildman–Crippen LogP) is 2.71. The summed E-state index contributed by atoms with van der Waals surface area (Å²) in [6.07, 6.45) is -1.81. The molecule has 30 heteroatoms. The number of nitrogens with two attached hydrogens (primary N) is 1. The number of aliphatic hydroxyl groups excluding tert-OH is 2. The van der Waals surface area contributed by atoms with Crippen LogP contribution in [0.4, 0.5) is 17.6 Å². The van der Waals surface area contributed by atoms with Crippen LogP contribution in [0.25, 0.3) is 16.7 Å². The zero-order valence-electron chi connectivity index (χ0n) is 46.9. The smallest absolute Gasteiger partial charge is 0.487 e. The molecule has 0 bridgehead atoms. The van der Waals surface area contributed by atoms with Gasteiger partial charge in [-0.2, -0.15) is 9.29 Å². The van der Waals surface area contributed by atoms with E-state index in [1.807, 2.05) is 24.3 Å². The van der Waals surface area contributed by atoms with Gasteiger partial charge in [-0.3, -0.25) is 33.0 Å². The van der Waals surface area contributed by atoms with Crippen molar-refractivity contribution in [3.05, 3.63) is 97.3 Å². The zero-order chi connectivity index (χ0) is 60.1. The highest BCUT2D eigenvalue weighted by Crippen LogP contribution is 2.65. The van der Waals surface area contributed by atoms with E-state index in [1.165, 1.54) is 11.1 Å². The van der Waals surface area contributed by atoms with Crippen LogP contribution >= 0.6 is 23.5 Å². The number of ether oxygens (including phenoxy) is 2. The number of unbranched alkanes of at least 4 members (excludes halogenated alkanes) is 3. The van der Waals surface area contributed by atoms with Gasteiger partial charge in [0.1, 0.15) is 29.8 Å². The molecule has 5 unspecified atom stereocenters. The summed E-state index contributed by atoms with van der Waals surface area (Å²) < 4.78 is 60.4. The molecule has 3 aromatic carbocycles. The maximum Gasteiger partial charge on any atom is 0.487 e. The molecule has 1 fully saturated rings. The van der Waals surface area contributed by atoms with Crippen molar-refractivity contribution in [2.75, 3.05) is 49.7 Å². The van der Waals surface area contributed by atoms with Crippen molar-refractivity contribution in [1.82, 2.24) is 29.7 Å². The Morgan fingerprint density at radius 1 is 0.904 bits per heavy atom. The fraction of sp³-hybridized carbons (Fsp3) is 0.509. The molecule has 4 aliphatic rings. The average Bonchev–Trinajstić information content (AvgIpc) is 2.56. The Bertz CT molecular complexity index is 3680. The van der Waals surface area contributed by atoms with Crippen LogP contribution < -0.4 is 52.4 Å². The molecule has 4 aliphatic heterocycles. The summed E-state index contributed by atoms with van der Waals surface area (Å²) in [4.78, 5) is 95.4. The number of carbonyl (C=O) groups is 2. The highest BCUT2D eigenvalue weighted by Gasteiger charge is 2.48. The lowest BCUT2D eigenvalue weighted by Gasteiger charge is -2.38. The number of imidazole rings is 1. The molecule has 1 saturated heterocycles. The molecule has 6 heterocycles. The Kier molecular flexibility index (Phi) is 17.7. The van der Waals surface area contributed by atoms with Gasteiger partial charge in [-0.25, -0.2) is 23.4 Å². The number of carbonyl (C=O) groups excluding carboxylic acids is 2. The van der Waals surface area contributed by atoms with Crippen LogP contribution in [0.2, 0.25) is 0 Å². The molecule has 0 radical (unpaired) electrons. The number of aliphatic hydroxyl groups is 2. The summed E-state index contributed by atoms with van der Waals surface area (Å²) in [5, 5.41) is 33.6. The highest BCUT2D eigenvalue weighted by molar-refractivity contribution is 7.66. The summed E-state index contributed by atoms with van der Waals surface area (Å²) >= 11 is 0. The van der Waals surface area contributed by atoms with Gasteiger partial charge in [0.2, 0.25) is 23.2 Å². The molecular formula is C53H71N10O17P3. The third-order valence-corrected chi connectivity index (χ3v) is 18.8. The largest absolute Gasteiger partial charge is 0.756 e. The maximum absolute atomic E-state index is 14.6. The molecule has 0 aliphatic carbocycles. The molecule has 27 nitrogen and oxygen atoms in total. The van der Waals surface area contributed by atoms with Gasteiger partial charge in [0, 0.05) is 84.3 Å². The second-order valence-electron chi connectivity index (χ2n) is 23.0. The van der Waals surface area contributed by atoms with Gasteiger partial charge >= 0.3 is 15.6 Å². The topological polar surface area (TPSA) is 399 Å². The number of hydrogen-bond donors (Lipinski definition) is 11. The number of rotatable bonds is 22. The number of anilines is 3. The molecule has 9 atom stereocenters. The molecule has 9 rings (SSSR count). The van der Waals surface area contributed by atoms with E-state index < -0.39 is 60.2 Å². The number of nitrogens with one attached hydrogen (secondary N) is 5. The summed E-state index contributed by atoms with van der Waals surface area (Å²) in [6.45, 7) is 13.2. The van der Waals surface area contributed by atoms with Crippen molar-refractivity contribution < 1.29 is 80.7 Å². The number of fused-ring (bicyclic) bond motifs is 5. The average molecular weight is 1210 g/mol. The van der Waals surface area contributed by atoms with Crippen LogP contribution in [0.1, 0.15) is 144 Å². The number of nitrogen functional groups attached to an aromatic ring is 1. The van der Waals surface area contributed by atoms with Gasteiger partial charge in [-0.05, 0) is 94.5 Å². The number of nitrogens with zero attached hydrogens (tertiary/aromatic N) is 4. The van der Waals surface area contributed by atoms with Crippen LogP contribution in [0.5, 0.6) is 11.5 Å². The number of benzene rings is 3. The molecule has 450 valence electrons. The molecule has 5 aromatic rings. The zero-order valence-corrected chi connectivity index (χ0v) is 49.6. The molecule has 83 heavy (non-hydrogen) atoms.